The molecular weight excluding hydrogens is 236 g/mol. The number of aromatic hydroxyl groups is 1. The molecule has 0 aromatic heterocycles. The number of hydrogen-bond donors (Lipinski definition) is 3. The van der Waals surface area contributed by atoms with E-state index in [1.807, 2.05) is 13.8 Å². The molecule has 0 aliphatic carbocycles. The van der Waals surface area contributed by atoms with Crippen molar-refractivity contribution in [2.75, 3.05) is 18.5 Å². The van der Waals surface area contributed by atoms with Crippen molar-refractivity contribution in [1.82, 2.24) is 0 Å². The van der Waals surface area contributed by atoms with Gasteiger partial charge < -0.3 is 15.5 Å². The van der Waals surface area contributed by atoms with E-state index in [1.165, 1.54) is 12.1 Å². The van der Waals surface area contributed by atoms with Crippen molar-refractivity contribution in [3.05, 3.63) is 28.3 Å². The zero-order chi connectivity index (χ0) is 13.8. The van der Waals surface area contributed by atoms with Crippen LogP contribution in [0.15, 0.2) is 18.2 Å². The van der Waals surface area contributed by atoms with Gasteiger partial charge in [0.2, 0.25) is 0 Å². The van der Waals surface area contributed by atoms with Gasteiger partial charge in [0.1, 0.15) is 11.4 Å². The lowest BCUT2D eigenvalue weighted by Crippen LogP contribution is -2.29. The topological polar surface area (TPSA) is 95.6 Å². The fourth-order valence-corrected chi connectivity index (χ4v) is 1.42. The van der Waals surface area contributed by atoms with Gasteiger partial charge in [0.25, 0.3) is 5.69 Å². The molecule has 1 aromatic carbocycles. The van der Waals surface area contributed by atoms with Crippen LogP contribution in [0, 0.1) is 15.5 Å². The third-order valence-electron chi connectivity index (χ3n) is 3.12. The number of nitrogens with zero attached hydrogens (tertiary/aromatic N) is 1. The van der Waals surface area contributed by atoms with Crippen LogP contribution in [0.2, 0.25) is 0 Å². The number of aliphatic hydroxyl groups is 1. The Balaban J connectivity index is 2.88. The standard InChI is InChI=1S/C12H18N2O4/c1-3-12(2,8-15)7-13-10-5-4-9(16)6-11(10)14(17)18/h4-6,13,15-16H,3,7-8H2,1-2H3. The lowest BCUT2D eigenvalue weighted by Gasteiger charge is -2.26. The van der Waals surface area contributed by atoms with Gasteiger partial charge in [-0.2, -0.15) is 0 Å². The fraction of sp³-hybridized carbons (Fsp3) is 0.500. The van der Waals surface area contributed by atoms with Gasteiger partial charge in [-0.15, -0.1) is 0 Å². The maximum absolute atomic E-state index is 10.8. The number of anilines is 1. The number of aliphatic hydroxyl groups excluding tert-OH is 1. The van der Waals surface area contributed by atoms with Crippen LogP contribution in [0.4, 0.5) is 11.4 Å². The second-order valence-electron chi connectivity index (χ2n) is 4.63. The summed E-state index contributed by atoms with van der Waals surface area (Å²) in [7, 11) is 0. The first-order valence-electron chi connectivity index (χ1n) is 5.74. The SMILES string of the molecule is CCC(C)(CO)CNc1ccc(O)cc1[N+](=O)[O-]. The van der Waals surface area contributed by atoms with Crippen LogP contribution < -0.4 is 5.32 Å². The molecule has 1 aromatic rings. The Kier molecular flexibility index (Phi) is 4.49. The van der Waals surface area contributed by atoms with Gasteiger partial charge in [0.15, 0.2) is 0 Å². The van der Waals surface area contributed by atoms with E-state index in [0.717, 1.165) is 12.5 Å². The minimum Gasteiger partial charge on any atom is -0.508 e. The first-order valence-corrected chi connectivity index (χ1v) is 5.74. The largest absolute Gasteiger partial charge is 0.508 e. The first-order chi connectivity index (χ1) is 8.41. The first kappa shape index (κ1) is 14.2. The molecule has 1 rings (SSSR count). The zero-order valence-electron chi connectivity index (χ0n) is 10.5. The molecule has 0 heterocycles. The summed E-state index contributed by atoms with van der Waals surface area (Å²) in [5, 5.41) is 32.3. The predicted octanol–water partition coefficient (Wildman–Crippen LogP) is 2.12. The number of nitrogens with one attached hydrogen (secondary N) is 1. The Hall–Kier alpha value is -1.82. The number of hydrogen-bond acceptors (Lipinski definition) is 5. The van der Waals surface area contributed by atoms with Gasteiger partial charge in [-0.25, -0.2) is 0 Å². The third kappa shape index (κ3) is 3.33. The van der Waals surface area contributed by atoms with Gasteiger partial charge in [-0.3, -0.25) is 10.1 Å². The van der Waals surface area contributed by atoms with E-state index in [-0.39, 0.29) is 23.5 Å². The summed E-state index contributed by atoms with van der Waals surface area (Å²) >= 11 is 0. The van der Waals surface area contributed by atoms with Gasteiger partial charge in [-0.1, -0.05) is 13.8 Å². The summed E-state index contributed by atoms with van der Waals surface area (Å²) < 4.78 is 0. The maximum Gasteiger partial charge on any atom is 0.296 e. The molecule has 0 radical (unpaired) electrons. The number of rotatable bonds is 6. The molecule has 0 spiro atoms. The normalized spacial score (nSPS) is 13.9. The van der Waals surface area contributed by atoms with Crippen LogP contribution in [0.5, 0.6) is 5.75 Å². The zero-order valence-corrected chi connectivity index (χ0v) is 10.5. The van der Waals surface area contributed by atoms with Crippen LogP contribution in [0.3, 0.4) is 0 Å². The molecule has 3 N–H and O–H groups in total. The van der Waals surface area contributed by atoms with Crippen molar-refractivity contribution in [1.29, 1.82) is 0 Å². The summed E-state index contributed by atoms with van der Waals surface area (Å²) in [5.74, 6) is -0.146. The van der Waals surface area contributed by atoms with Crippen LogP contribution in [0.25, 0.3) is 0 Å². The smallest absolute Gasteiger partial charge is 0.296 e. The maximum atomic E-state index is 10.8. The van der Waals surface area contributed by atoms with Crippen molar-refractivity contribution >= 4 is 11.4 Å². The summed E-state index contributed by atoms with van der Waals surface area (Å²) in [6, 6.07) is 3.95. The molecule has 6 nitrogen and oxygen atoms in total. The molecule has 0 aliphatic heterocycles. The number of benzene rings is 1. The number of nitro groups is 1. The lowest BCUT2D eigenvalue weighted by atomic mass is 9.88. The molecule has 6 heteroatoms. The van der Waals surface area contributed by atoms with Crippen LogP contribution in [-0.2, 0) is 0 Å². The van der Waals surface area contributed by atoms with Gasteiger partial charge in [0, 0.05) is 12.0 Å². The second-order valence-corrected chi connectivity index (χ2v) is 4.63. The summed E-state index contributed by atoms with van der Waals surface area (Å²) in [6.07, 6.45) is 0.752. The molecule has 0 aliphatic rings. The molecule has 0 bridgehead atoms. The third-order valence-corrected chi connectivity index (χ3v) is 3.12. The predicted molar refractivity (Wildman–Crippen MR) is 68.7 cm³/mol. The highest BCUT2D eigenvalue weighted by molar-refractivity contribution is 5.63. The Morgan fingerprint density at radius 2 is 2.17 bits per heavy atom. The average Bonchev–Trinajstić information content (AvgIpc) is 2.36. The number of phenolic OH excluding ortho intramolecular Hbond substituents is 1. The lowest BCUT2D eigenvalue weighted by molar-refractivity contribution is -0.384. The van der Waals surface area contributed by atoms with Crippen molar-refractivity contribution in [2.45, 2.75) is 20.3 Å². The average molecular weight is 254 g/mol. The van der Waals surface area contributed by atoms with Gasteiger partial charge in [-0.05, 0) is 18.6 Å². The molecule has 0 amide bonds. The van der Waals surface area contributed by atoms with Crippen molar-refractivity contribution in [3.8, 4) is 5.75 Å². The fourth-order valence-electron chi connectivity index (χ4n) is 1.42. The van der Waals surface area contributed by atoms with Crippen LogP contribution >= 0.6 is 0 Å². The van der Waals surface area contributed by atoms with E-state index in [1.54, 1.807) is 0 Å². The minimum absolute atomic E-state index is 0.00236. The van der Waals surface area contributed by atoms with E-state index in [2.05, 4.69) is 5.32 Å². The molecule has 0 saturated carbocycles. The highest BCUT2D eigenvalue weighted by Gasteiger charge is 2.22. The van der Waals surface area contributed by atoms with E-state index < -0.39 is 4.92 Å². The molecule has 18 heavy (non-hydrogen) atoms. The Morgan fingerprint density at radius 1 is 1.50 bits per heavy atom. The molecule has 0 saturated heterocycles. The second kappa shape index (κ2) is 5.68. The minimum atomic E-state index is -0.551. The monoisotopic (exact) mass is 254 g/mol. The molecular formula is C12H18N2O4. The molecule has 100 valence electrons. The highest BCUT2D eigenvalue weighted by atomic mass is 16.6. The molecule has 1 unspecified atom stereocenters. The number of phenols is 1. The van der Waals surface area contributed by atoms with E-state index in [4.69, 9.17) is 0 Å². The van der Waals surface area contributed by atoms with E-state index >= 15 is 0 Å². The summed E-state index contributed by atoms with van der Waals surface area (Å²) in [5.41, 5.74) is -0.163. The van der Waals surface area contributed by atoms with Gasteiger partial charge in [0.05, 0.1) is 17.6 Å². The van der Waals surface area contributed by atoms with Crippen molar-refractivity contribution in [2.24, 2.45) is 5.41 Å². The van der Waals surface area contributed by atoms with Crippen LogP contribution in [-0.4, -0.2) is 28.3 Å². The summed E-state index contributed by atoms with van der Waals surface area (Å²) in [4.78, 5) is 10.3. The summed E-state index contributed by atoms with van der Waals surface area (Å²) in [6.45, 7) is 4.27. The van der Waals surface area contributed by atoms with E-state index in [0.29, 0.717) is 12.2 Å². The van der Waals surface area contributed by atoms with Gasteiger partial charge >= 0.3 is 0 Å². The quantitative estimate of drug-likeness (QED) is 0.410. The van der Waals surface area contributed by atoms with E-state index in [9.17, 15) is 20.3 Å². The van der Waals surface area contributed by atoms with Crippen molar-refractivity contribution in [3.63, 3.8) is 0 Å². The molecule has 0 fully saturated rings. The molecule has 1 atom stereocenters. The number of nitro benzene ring substituents is 1. The Bertz CT molecular complexity index is 430. The van der Waals surface area contributed by atoms with Crippen molar-refractivity contribution < 1.29 is 15.1 Å². The highest BCUT2D eigenvalue weighted by Crippen LogP contribution is 2.30. The van der Waals surface area contributed by atoms with Crippen LogP contribution in [0.1, 0.15) is 20.3 Å². The Morgan fingerprint density at radius 3 is 2.67 bits per heavy atom. The Labute approximate surface area is 105 Å².